The third kappa shape index (κ3) is 4.74. The number of carbonyl (C=O) groups excluding carboxylic acids is 1. The van der Waals surface area contributed by atoms with Gasteiger partial charge in [-0.3, -0.25) is 4.79 Å². The van der Waals surface area contributed by atoms with E-state index in [0.29, 0.717) is 12.1 Å². The van der Waals surface area contributed by atoms with Gasteiger partial charge in [0.2, 0.25) is 0 Å². The number of hydrogen-bond donors (Lipinski definition) is 0. The van der Waals surface area contributed by atoms with Crippen molar-refractivity contribution in [2.45, 2.75) is 25.4 Å². The number of ether oxygens (including phenoxy) is 1. The Kier molecular flexibility index (Phi) is 5.29. The molecular weight excluding hydrogens is 369 g/mol. The lowest BCUT2D eigenvalue weighted by Crippen LogP contribution is -2.18. The van der Waals surface area contributed by atoms with Gasteiger partial charge in [0.25, 0.3) is 0 Å². The van der Waals surface area contributed by atoms with Crippen molar-refractivity contribution in [3.05, 3.63) is 65.0 Å². The summed E-state index contributed by atoms with van der Waals surface area (Å²) in [5.41, 5.74) is -0.864. The maximum absolute atomic E-state index is 13.5. The van der Waals surface area contributed by atoms with Gasteiger partial charge in [-0.25, -0.2) is 4.39 Å². The van der Waals surface area contributed by atoms with E-state index < -0.39 is 41.4 Å². The molecule has 0 aliphatic carbocycles. The maximum atomic E-state index is 13.5. The number of halogens is 7. The molecule has 2 rings (SSSR count). The zero-order valence-corrected chi connectivity index (χ0v) is 13.1. The SMILES string of the molecule is CC(=O)C(c1ccc(C(F)(F)F)cc1)c1ccc(F)c(OC(F)(F)F)c1. The molecule has 0 spiro atoms. The van der Waals surface area contributed by atoms with Crippen molar-refractivity contribution >= 4 is 5.78 Å². The minimum Gasteiger partial charge on any atom is -0.403 e. The van der Waals surface area contributed by atoms with Gasteiger partial charge in [0.05, 0.1) is 11.5 Å². The Morgan fingerprint density at radius 1 is 0.923 bits per heavy atom. The summed E-state index contributed by atoms with van der Waals surface area (Å²) < 4.78 is 91.9. The maximum Gasteiger partial charge on any atom is 0.573 e. The second kappa shape index (κ2) is 6.97. The predicted molar refractivity (Wildman–Crippen MR) is 77.1 cm³/mol. The van der Waals surface area contributed by atoms with Crippen LogP contribution < -0.4 is 4.74 Å². The van der Waals surface area contributed by atoms with Crippen molar-refractivity contribution in [1.29, 1.82) is 0 Å². The average molecular weight is 380 g/mol. The molecular formula is C17H11F7O2. The van der Waals surface area contributed by atoms with Crippen LogP contribution in [0, 0.1) is 5.82 Å². The quantitative estimate of drug-likeness (QED) is 0.658. The third-order valence-corrected chi connectivity index (χ3v) is 3.49. The Balaban J connectivity index is 2.45. The normalized spacial score (nSPS) is 13.4. The standard InChI is InChI=1S/C17H11F7O2/c1-9(25)15(10-2-5-12(6-3-10)16(19,20)21)11-4-7-13(18)14(8-11)26-17(22,23)24/h2-8,15H,1H3. The molecule has 0 radical (unpaired) electrons. The highest BCUT2D eigenvalue weighted by molar-refractivity contribution is 5.87. The molecule has 2 aromatic rings. The molecule has 1 atom stereocenters. The van der Waals surface area contributed by atoms with E-state index in [0.717, 1.165) is 37.3 Å². The molecule has 0 aromatic heterocycles. The van der Waals surface area contributed by atoms with Gasteiger partial charge < -0.3 is 4.74 Å². The van der Waals surface area contributed by atoms with E-state index in [1.165, 1.54) is 0 Å². The zero-order valence-electron chi connectivity index (χ0n) is 13.1. The Hall–Kier alpha value is -2.58. The molecule has 0 saturated heterocycles. The molecule has 0 fully saturated rings. The molecule has 0 bridgehead atoms. The Morgan fingerprint density at radius 2 is 1.46 bits per heavy atom. The molecule has 0 aliphatic heterocycles. The summed E-state index contributed by atoms with van der Waals surface area (Å²) in [5, 5.41) is 0. The molecule has 9 heteroatoms. The van der Waals surface area contributed by atoms with E-state index in [1.807, 2.05) is 0 Å². The van der Waals surface area contributed by atoms with Crippen LogP contribution in [0.15, 0.2) is 42.5 Å². The van der Waals surface area contributed by atoms with E-state index >= 15 is 0 Å². The average Bonchev–Trinajstić information content (AvgIpc) is 2.48. The summed E-state index contributed by atoms with van der Waals surface area (Å²) in [6.07, 6.45) is -9.71. The van der Waals surface area contributed by atoms with Crippen molar-refractivity contribution in [3.8, 4) is 5.75 Å². The van der Waals surface area contributed by atoms with Crippen LogP contribution in [0.4, 0.5) is 30.7 Å². The second-order valence-electron chi connectivity index (χ2n) is 5.40. The molecule has 1 unspecified atom stereocenters. The van der Waals surface area contributed by atoms with Gasteiger partial charge in [-0.1, -0.05) is 18.2 Å². The lowest BCUT2D eigenvalue weighted by molar-refractivity contribution is -0.275. The highest BCUT2D eigenvalue weighted by atomic mass is 19.4. The molecule has 0 amide bonds. The van der Waals surface area contributed by atoms with Gasteiger partial charge >= 0.3 is 12.5 Å². The molecule has 0 heterocycles. The minimum atomic E-state index is -5.14. The molecule has 0 aliphatic rings. The Morgan fingerprint density at radius 3 is 1.92 bits per heavy atom. The first kappa shape index (κ1) is 19.7. The van der Waals surface area contributed by atoms with Crippen LogP contribution >= 0.6 is 0 Å². The second-order valence-corrected chi connectivity index (χ2v) is 5.40. The van der Waals surface area contributed by atoms with Crippen LogP contribution in [0.1, 0.15) is 29.5 Å². The number of carbonyl (C=O) groups is 1. The number of benzene rings is 2. The Bertz CT molecular complexity index is 792. The number of ketones is 1. The van der Waals surface area contributed by atoms with Gasteiger partial charge in [-0.2, -0.15) is 13.2 Å². The number of hydrogen-bond acceptors (Lipinski definition) is 2. The van der Waals surface area contributed by atoms with Crippen molar-refractivity contribution in [1.82, 2.24) is 0 Å². The summed E-state index contributed by atoms with van der Waals surface area (Å²) >= 11 is 0. The number of alkyl halides is 6. The van der Waals surface area contributed by atoms with E-state index in [1.54, 1.807) is 0 Å². The van der Waals surface area contributed by atoms with E-state index in [4.69, 9.17) is 0 Å². The summed E-state index contributed by atoms with van der Waals surface area (Å²) in [4.78, 5) is 11.9. The smallest absolute Gasteiger partial charge is 0.403 e. The fourth-order valence-electron chi connectivity index (χ4n) is 2.43. The molecule has 2 aromatic carbocycles. The van der Waals surface area contributed by atoms with E-state index in [9.17, 15) is 35.5 Å². The molecule has 0 saturated carbocycles. The van der Waals surface area contributed by atoms with Crippen molar-refractivity contribution in [3.63, 3.8) is 0 Å². The monoisotopic (exact) mass is 380 g/mol. The van der Waals surface area contributed by atoms with Crippen molar-refractivity contribution < 1.29 is 40.3 Å². The number of rotatable bonds is 4. The van der Waals surface area contributed by atoms with Crippen LogP contribution in [0.3, 0.4) is 0 Å². The minimum absolute atomic E-state index is 0.0436. The summed E-state index contributed by atoms with van der Waals surface area (Å²) in [6.45, 7) is 1.12. The number of Topliss-reactive ketones (excluding diaryl/α,β-unsaturated/α-hetero) is 1. The fraction of sp³-hybridized carbons (Fsp3) is 0.235. The first-order valence-corrected chi connectivity index (χ1v) is 7.11. The third-order valence-electron chi connectivity index (χ3n) is 3.49. The lowest BCUT2D eigenvalue weighted by Gasteiger charge is -2.18. The van der Waals surface area contributed by atoms with Gasteiger partial charge in [-0.15, -0.1) is 13.2 Å². The van der Waals surface area contributed by atoms with Crippen molar-refractivity contribution in [2.75, 3.05) is 0 Å². The topological polar surface area (TPSA) is 26.3 Å². The lowest BCUT2D eigenvalue weighted by atomic mass is 9.87. The van der Waals surface area contributed by atoms with Crippen LogP contribution in [0.2, 0.25) is 0 Å². The highest BCUT2D eigenvalue weighted by Gasteiger charge is 2.33. The summed E-state index contributed by atoms with van der Waals surface area (Å²) in [6, 6.07) is 6.06. The Labute approximate surface area is 143 Å². The first-order valence-electron chi connectivity index (χ1n) is 7.11. The highest BCUT2D eigenvalue weighted by Crippen LogP contribution is 2.34. The zero-order chi connectivity index (χ0) is 19.7. The van der Waals surface area contributed by atoms with Crippen LogP contribution in [0.25, 0.3) is 0 Å². The molecule has 0 N–H and O–H groups in total. The van der Waals surface area contributed by atoms with Crippen LogP contribution in [-0.2, 0) is 11.0 Å². The predicted octanol–water partition coefficient (Wildman–Crippen LogP) is 5.46. The van der Waals surface area contributed by atoms with Crippen molar-refractivity contribution in [2.24, 2.45) is 0 Å². The van der Waals surface area contributed by atoms with Crippen LogP contribution in [0.5, 0.6) is 5.75 Å². The van der Waals surface area contributed by atoms with Gasteiger partial charge in [0, 0.05) is 0 Å². The first-order chi connectivity index (χ1) is 11.9. The van der Waals surface area contributed by atoms with Gasteiger partial charge in [-0.05, 0) is 42.3 Å². The molecule has 26 heavy (non-hydrogen) atoms. The van der Waals surface area contributed by atoms with Gasteiger partial charge in [0.15, 0.2) is 11.6 Å². The van der Waals surface area contributed by atoms with E-state index in [2.05, 4.69) is 4.74 Å². The molecule has 2 nitrogen and oxygen atoms in total. The summed E-state index contributed by atoms with van der Waals surface area (Å²) in [5.74, 6) is -4.14. The van der Waals surface area contributed by atoms with Crippen LogP contribution in [-0.4, -0.2) is 12.1 Å². The van der Waals surface area contributed by atoms with E-state index in [-0.39, 0.29) is 11.1 Å². The molecule has 140 valence electrons. The van der Waals surface area contributed by atoms with Gasteiger partial charge in [0.1, 0.15) is 5.78 Å². The largest absolute Gasteiger partial charge is 0.573 e. The summed E-state index contributed by atoms with van der Waals surface area (Å²) in [7, 11) is 0. The fourth-order valence-corrected chi connectivity index (χ4v) is 2.43.